The lowest BCUT2D eigenvalue weighted by Gasteiger charge is -2.03. The summed E-state index contributed by atoms with van der Waals surface area (Å²) in [4.78, 5) is 19.7. The predicted octanol–water partition coefficient (Wildman–Crippen LogP) is 1.16. The minimum atomic E-state index is -0.250. The molecule has 0 radical (unpaired) electrons. The van der Waals surface area contributed by atoms with E-state index in [0.717, 1.165) is 19.3 Å². The number of carbonyl (C=O) groups is 2. The number of carbonyl (C=O) groups excluding carboxylic acids is 1. The third kappa shape index (κ3) is 2.47. The topological polar surface area (TPSA) is 66.4 Å². The van der Waals surface area contributed by atoms with Gasteiger partial charge in [-0.05, 0) is 25.7 Å². The van der Waals surface area contributed by atoms with Crippen molar-refractivity contribution in [2.24, 2.45) is 5.92 Å². The van der Waals surface area contributed by atoms with Gasteiger partial charge in [0.1, 0.15) is 0 Å². The Labute approximate surface area is 83.7 Å². The molecule has 1 saturated heterocycles. The maximum Gasteiger partial charge on any atom is 0.290 e. The molecule has 1 aliphatic heterocycles. The number of amides is 1. The highest BCUT2D eigenvalue weighted by molar-refractivity contribution is 5.82. The summed E-state index contributed by atoms with van der Waals surface area (Å²) in [5.41, 5.74) is 0.289. The van der Waals surface area contributed by atoms with E-state index in [0.29, 0.717) is 11.8 Å². The van der Waals surface area contributed by atoms with Crippen LogP contribution in [0.4, 0.5) is 0 Å². The van der Waals surface area contributed by atoms with Gasteiger partial charge in [-0.3, -0.25) is 9.59 Å². The molecule has 2 rings (SSSR count). The molecule has 1 aliphatic carbocycles. The summed E-state index contributed by atoms with van der Waals surface area (Å²) < 4.78 is 0. The molecule has 1 atom stereocenters. The summed E-state index contributed by atoms with van der Waals surface area (Å²) >= 11 is 0. The van der Waals surface area contributed by atoms with E-state index in [1.165, 1.54) is 12.8 Å². The molecule has 0 aromatic heterocycles. The molecular formula is C10H17NO3. The maximum absolute atomic E-state index is 11.3. The predicted molar refractivity (Wildman–Crippen MR) is 51.8 cm³/mol. The van der Waals surface area contributed by atoms with Gasteiger partial charge in [-0.2, -0.15) is 0 Å². The second kappa shape index (κ2) is 4.44. The molecule has 0 aromatic rings. The largest absolute Gasteiger partial charge is 0.483 e. The molecule has 0 aromatic carbocycles. The SMILES string of the molecule is CCCC1CC2(CC2)NC1=O.O=CO. The Bertz CT molecular complexity index is 223. The Morgan fingerprint density at radius 3 is 2.57 bits per heavy atom. The van der Waals surface area contributed by atoms with Crippen molar-refractivity contribution < 1.29 is 14.7 Å². The zero-order valence-electron chi connectivity index (χ0n) is 8.45. The van der Waals surface area contributed by atoms with Crippen molar-refractivity contribution in [2.45, 2.75) is 44.6 Å². The molecule has 0 bridgehead atoms. The Kier molecular flexibility index (Phi) is 3.49. The quantitative estimate of drug-likeness (QED) is 0.656. The third-order valence-corrected chi connectivity index (χ3v) is 2.89. The molecule has 4 heteroatoms. The Balaban J connectivity index is 0.000000293. The van der Waals surface area contributed by atoms with Crippen LogP contribution in [-0.4, -0.2) is 23.0 Å². The lowest BCUT2D eigenvalue weighted by molar-refractivity contribution is -0.123. The van der Waals surface area contributed by atoms with E-state index in [1.807, 2.05) is 0 Å². The van der Waals surface area contributed by atoms with Gasteiger partial charge in [0.2, 0.25) is 5.91 Å². The molecule has 2 fully saturated rings. The van der Waals surface area contributed by atoms with Crippen LogP contribution < -0.4 is 5.32 Å². The average molecular weight is 199 g/mol. The van der Waals surface area contributed by atoms with Crippen LogP contribution >= 0.6 is 0 Å². The number of rotatable bonds is 2. The molecule has 1 spiro atoms. The van der Waals surface area contributed by atoms with Gasteiger partial charge in [0, 0.05) is 11.5 Å². The zero-order valence-corrected chi connectivity index (χ0v) is 8.45. The van der Waals surface area contributed by atoms with E-state index in [-0.39, 0.29) is 12.0 Å². The van der Waals surface area contributed by atoms with E-state index in [4.69, 9.17) is 9.90 Å². The molecule has 1 saturated carbocycles. The van der Waals surface area contributed by atoms with E-state index < -0.39 is 0 Å². The van der Waals surface area contributed by atoms with Gasteiger partial charge >= 0.3 is 0 Å². The normalized spacial score (nSPS) is 26.4. The van der Waals surface area contributed by atoms with Gasteiger partial charge in [-0.1, -0.05) is 13.3 Å². The third-order valence-electron chi connectivity index (χ3n) is 2.89. The van der Waals surface area contributed by atoms with E-state index >= 15 is 0 Å². The van der Waals surface area contributed by atoms with E-state index in [1.54, 1.807) is 0 Å². The van der Waals surface area contributed by atoms with Gasteiger partial charge in [0.05, 0.1) is 0 Å². The summed E-state index contributed by atoms with van der Waals surface area (Å²) in [5, 5.41) is 9.99. The second-order valence-corrected chi connectivity index (χ2v) is 4.06. The molecule has 4 nitrogen and oxygen atoms in total. The van der Waals surface area contributed by atoms with Crippen LogP contribution in [0.1, 0.15) is 39.0 Å². The van der Waals surface area contributed by atoms with Crippen LogP contribution in [0, 0.1) is 5.92 Å². The Hall–Kier alpha value is -1.06. The van der Waals surface area contributed by atoms with Crippen LogP contribution in [0.3, 0.4) is 0 Å². The number of nitrogens with one attached hydrogen (secondary N) is 1. The van der Waals surface area contributed by atoms with Crippen molar-refractivity contribution in [1.29, 1.82) is 0 Å². The van der Waals surface area contributed by atoms with Crippen molar-refractivity contribution in [1.82, 2.24) is 5.32 Å². The van der Waals surface area contributed by atoms with Crippen LogP contribution in [0.2, 0.25) is 0 Å². The Morgan fingerprint density at radius 2 is 2.21 bits per heavy atom. The molecular weight excluding hydrogens is 182 g/mol. The summed E-state index contributed by atoms with van der Waals surface area (Å²) in [6.07, 6.45) is 5.76. The lowest BCUT2D eigenvalue weighted by atomic mass is 9.99. The van der Waals surface area contributed by atoms with Gasteiger partial charge in [0.15, 0.2) is 0 Å². The van der Waals surface area contributed by atoms with Gasteiger partial charge in [-0.25, -0.2) is 0 Å². The first kappa shape index (κ1) is 11.0. The van der Waals surface area contributed by atoms with E-state index in [2.05, 4.69) is 12.2 Å². The van der Waals surface area contributed by atoms with Crippen molar-refractivity contribution in [3.63, 3.8) is 0 Å². The van der Waals surface area contributed by atoms with Crippen LogP contribution in [0.15, 0.2) is 0 Å². The standard InChI is InChI=1S/C9H15NO.CH2O2/c1-2-3-7-6-9(4-5-9)10-8(7)11;2-1-3/h7H,2-6H2,1H3,(H,10,11);1H,(H,2,3). The van der Waals surface area contributed by atoms with E-state index in [9.17, 15) is 4.79 Å². The van der Waals surface area contributed by atoms with Crippen LogP contribution in [-0.2, 0) is 9.59 Å². The summed E-state index contributed by atoms with van der Waals surface area (Å²) in [6, 6.07) is 0. The summed E-state index contributed by atoms with van der Waals surface area (Å²) in [7, 11) is 0. The molecule has 1 unspecified atom stereocenters. The smallest absolute Gasteiger partial charge is 0.290 e. The number of carboxylic acid groups (broad SMARTS) is 1. The molecule has 14 heavy (non-hydrogen) atoms. The van der Waals surface area contributed by atoms with Gasteiger partial charge in [-0.15, -0.1) is 0 Å². The summed E-state index contributed by atoms with van der Waals surface area (Å²) in [6.45, 7) is 1.89. The minimum absolute atomic E-state index is 0.250. The first-order valence-corrected chi connectivity index (χ1v) is 5.07. The second-order valence-electron chi connectivity index (χ2n) is 4.06. The van der Waals surface area contributed by atoms with Crippen molar-refractivity contribution in [3.05, 3.63) is 0 Å². The number of hydrogen-bond donors (Lipinski definition) is 2. The molecule has 1 heterocycles. The van der Waals surface area contributed by atoms with Crippen molar-refractivity contribution in [2.75, 3.05) is 0 Å². The minimum Gasteiger partial charge on any atom is -0.483 e. The maximum atomic E-state index is 11.3. The van der Waals surface area contributed by atoms with Gasteiger partial charge in [0.25, 0.3) is 6.47 Å². The highest BCUT2D eigenvalue weighted by Gasteiger charge is 2.51. The highest BCUT2D eigenvalue weighted by Crippen LogP contribution is 2.46. The zero-order chi connectivity index (χ0) is 10.6. The summed E-state index contributed by atoms with van der Waals surface area (Å²) in [5.74, 6) is 0.645. The first-order chi connectivity index (χ1) is 6.67. The van der Waals surface area contributed by atoms with Crippen molar-refractivity contribution >= 4 is 12.4 Å². The fourth-order valence-electron chi connectivity index (χ4n) is 2.04. The first-order valence-electron chi connectivity index (χ1n) is 5.07. The fourth-order valence-corrected chi connectivity index (χ4v) is 2.04. The fraction of sp³-hybridized carbons (Fsp3) is 0.800. The molecule has 1 amide bonds. The van der Waals surface area contributed by atoms with Crippen molar-refractivity contribution in [3.8, 4) is 0 Å². The van der Waals surface area contributed by atoms with Crippen LogP contribution in [0.25, 0.3) is 0 Å². The molecule has 2 aliphatic rings. The highest BCUT2D eigenvalue weighted by atomic mass is 16.3. The lowest BCUT2D eigenvalue weighted by Crippen LogP contribution is -2.27. The van der Waals surface area contributed by atoms with Gasteiger partial charge < -0.3 is 10.4 Å². The monoisotopic (exact) mass is 199 g/mol. The van der Waals surface area contributed by atoms with Crippen LogP contribution in [0.5, 0.6) is 0 Å². The molecule has 80 valence electrons. The molecule has 2 N–H and O–H groups in total. The number of hydrogen-bond acceptors (Lipinski definition) is 2. The average Bonchev–Trinajstić information content (AvgIpc) is 2.78. The Morgan fingerprint density at radius 1 is 1.64 bits per heavy atom.